The predicted molar refractivity (Wildman–Crippen MR) is 90.0 cm³/mol. The lowest BCUT2D eigenvalue weighted by molar-refractivity contribution is -0.118. The number of ketones is 2. The molecule has 0 spiro atoms. The Balaban J connectivity index is 2.04. The van der Waals surface area contributed by atoms with Crippen LogP contribution in [0.25, 0.3) is 6.08 Å². The van der Waals surface area contributed by atoms with Crippen molar-refractivity contribution in [3.05, 3.63) is 77.9 Å². The molecule has 22 heavy (non-hydrogen) atoms. The van der Waals surface area contributed by atoms with Crippen molar-refractivity contribution in [3.8, 4) is 0 Å². The van der Waals surface area contributed by atoms with E-state index in [4.69, 9.17) is 0 Å². The van der Waals surface area contributed by atoms with Crippen molar-refractivity contribution in [2.24, 2.45) is 0 Å². The normalized spacial score (nSPS) is 11.7. The summed E-state index contributed by atoms with van der Waals surface area (Å²) in [5.41, 5.74) is 2.65. The van der Waals surface area contributed by atoms with Gasteiger partial charge in [0.25, 0.3) is 0 Å². The molecule has 0 fully saturated rings. The van der Waals surface area contributed by atoms with E-state index in [1.54, 1.807) is 13.0 Å². The first-order valence-electron chi connectivity index (χ1n) is 7.43. The largest absolute Gasteiger partial charge is 0.299 e. The topological polar surface area (TPSA) is 34.1 Å². The lowest BCUT2D eigenvalue weighted by atomic mass is 9.89. The third kappa shape index (κ3) is 4.01. The fraction of sp³-hybridized carbons (Fsp3) is 0.200. The molecule has 1 atom stereocenters. The molecule has 0 N–H and O–H groups in total. The zero-order valence-corrected chi connectivity index (χ0v) is 12.8. The first-order chi connectivity index (χ1) is 10.6. The highest BCUT2D eigenvalue weighted by Crippen LogP contribution is 2.23. The molecular formula is C20H20O2. The summed E-state index contributed by atoms with van der Waals surface area (Å²) in [6.45, 7) is 5.28. The van der Waals surface area contributed by atoms with Crippen LogP contribution >= 0.6 is 0 Å². The Kier molecular flexibility index (Phi) is 5.42. The van der Waals surface area contributed by atoms with Crippen molar-refractivity contribution >= 4 is 17.6 Å². The molecule has 112 valence electrons. The van der Waals surface area contributed by atoms with E-state index in [2.05, 4.69) is 6.58 Å². The van der Waals surface area contributed by atoms with Crippen LogP contribution in [-0.2, 0) is 4.79 Å². The van der Waals surface area contributed by atoms with Crippen LogP contribution in [0.4, 0.5) is 0 Å². The standard InChI is InChI=1S/C20H20O2/c1-3-16-9-11-18(12-10-16)20(22)14-13-19(15(2)21)17-7-5-4-6-8-17/h3-12,19H,1,13-14H2,2H3. The molecule has 2 heteroatoms. The minimum absolute atomic E-state index is 0.0674. The van der Waals surface area contributed by atoms with Gasteiger partial charge in [0, 0.05) is 17.9 Å². The van der Waals surface area contributed by atoms with E-state index in [1.807, 2.05) is 54.6 Å². The molecule has 0 saturated heterocycles. The Morgan fingerprint density at radius 2 is 1.68 bits per heavy atom. The van der Waals surface area contributed by atoms with Crippen LogP contribution < -0.4 is 0 Å². The second kappa shape index (κ2) is 7.51. The number of Topliss-reactive ketones (excluding diaryl/α,β-unsaturated/α-hetero) is 2. The van der Waals surface area contributed by atoms with Gasteiger partial charge in [-0.05, 0) is 24.5 Å². The fourth-order valence-corrected chi connectivity index (χ4v) is 2.51. The molecule has 0 aliphatic heterocycles. The van der Waals surface area contributed by atoms with E-state index in [0.29, 0.717) is 18.4 Å². The van der Waals surface area contributed by atoms with Gasteiger partial charge in [0.05, 0.1) is 0 Å². The van der Waals surface area contributed by atoms with Gasteiger partial charge in [0.15, 0.2) is 5.78 Å². The van der Waals surface area contributed by atoms with E-state index >= 15 is 0 Å². The number of hydrogen-bond acceptors (Lipinski definition) is 2. The number of rotatable bonds is 7. The Labute approximate surface area is 131 Å². The second-order valence-corrected chi connectivity index (χ2v) is 5.36. The molecule has 0 amide bonds. The van der Waals surface area contributed by atoms with Gasteiger partial charge in [-0.3, -0.25) is 9.59 Å². The molecule has 0 radical (unpaired) electrons. The summed E-state index contributed by atoms with van der Waals surface area (Å²) in [7, 11) is 0. The van der Waals surface area contributed by atoms with Crippen LogP contribution in [0.5, 0.6) is 0 Å². The summed E-state index contributed by atoms with van der Waals surface area (Å²) in [5.74, 6) is -0.0450. The molecule has 2 aromatic carbocycles. The molecule has 2 aromatic rings. The number of carbonyl (C=O) groups excluding carboxylic acids is 2. The van der Waals surface area contributed by atoms with Crippen LogP contribution in [0.2, 0.25) is 0 Å². The second-order valence-electron chi connectivity index (χ2n) is 5.36. The van der Waals surface area contributed by atoms with Gasteiger partial charge in [-0.2, -0.15) is 0 Å². The molecule has 2 nitrogen and oxygen atoms in total. The molecule has 0 saturated carbocycles. The van der Waals surface area contributed by atoms with Crippen LogP contribution in [0.3, 0.4) is 0 Å². The maximum atomic E-state index is 12.3. The highest BCUT2D eigenvalue weighted by molar-refractivity contribution is 5.96. The molecule has 1 unspecified atom stereocenters. The summed E-state index contributed by atoms with van der Waals surface area (Å²) < 4.78 is 0. The first-order valence-corrected chi connectivity index (χ1v) is 7.43. The van der Waals surface area contributed by atoms with Gasteiger partial charge >= 0.3 is 0 Å². The van der Waals surface area contributed by atoms with Crippen molar-refractivity contribution < 1.29 is 9.59 Å². The zero-order chi connectivity index (χ0) is 15.9. The quantitative estimate of drug-likeness (QED) is 0.695. The van der Waals surface area contributed by atoms with E-state index in [-0.39, 0.29) is 17.5 Å². The van der Waals surface area contributed by atoms with Crippen molar-refractivity contribution in [3.63, 3.8) is 0 Å². The van der Waals surface area contributed by atoms with Gasteiger partial charge in [-0.25, -0.2) is 0 Å². The predicted octanol–water partition coefficient (Wildman–Crippen LogP) is 4.67. The van der Waals surface area contributed by atoms with Gasteiger partial charge in [0.2, 0.25) is 0 Å². The molecule has 0 aliphatic rings. The Morgan fingerprint density at radius 1 is 1.05 bits per heavy atom. The third-order valence-corrected chi connectivity index (χ3v) is 3.82. The van der Waals surface area contributed by atoms with Crippen LogP contribution in [0.15, 0.2) is 61.2 Å². The van der Waals surface area contributed by atoms with Gasteiger partial charge in [-0.1, -0.05) is 67.3 Å². The Hall–Kier alpha value is -2.48. The summed E-state index contributed by atoms with van der Waals surface area (Å²) in [4.78, 5) is 24.1. The average Bonchev–Trinajstić information content (AvgIpc) is 2.55. The molecule has 0 aromatic heterocycles. The monoisotopic (exact) mass is 292 g/mol. The first kappa shape index (κ1) is 15.9. The highest BCUT2D eigenvalue weighted by atomic mass is 16.1. The molecule has 0 aliphatic carbocycles. The lowest BCUT2D eigenvalue weighted by Gasteiger charge is -2.13. The van der Waals surface area contributed by atoms with E-state index in [1.165, 1.54) is 0 Å². The summed E-state index contributed by atoms with van der Waals surface area (Å²) >= 11 is 0. The maximum absolute atomic E-state index is 12.3. The molecule has 2 rings (SSSR count). The lowest BCUT2D eigenvalue weighted by Crippen LogP contribution is -2.11. The van der Waals surface area contributed by atoms with Crippen LogP contribution in [0, 0.1) is 0 Å². The molecular weight excluding hydrogens is 272 g/mol. The maximum Gasteiger partial charge on any atom is 0.162 e. The van der Waals surface area contributed by atoms with Crippen molar-refractivity contribution in [2.75, 3.05) is 0 Å². The van der Waals surface area contributed by atoms with Crippen molar-refractivity contribution in [1.29, 1.82) is 0 Å². The van der Waals surface area contributed by atoms with Crippen LogP contribution in [0.1, 0.15) is 47.2 Å². The van der Waals surface area contributed by atoms with Gasteiger partial charge in [-0.15, -0.1) is 0 Å². The number of carbonyl (C=O) groups is 2. The summed E-state index contributed by atoms with van der Waals surface area (Å²) in [5, 5.41) is 0. The minimum Gasteiger partial charge on any atom is -0.299 e. The van der Waals surface area contributed by atoms with Crippen LogP contribution in [-0.4, -0.2) is 11.6 Å². The Morgan fingerprint density at radius 3 is 2.23 bits per heavy atom. The third-order valence-electron chi connectivity index (χ3n) is 3.82. The smallest absolute Gasteiger partial charge is 0.162 e. The van der Waals surface area contributed by atoms with Gasteiger partial charge < -0.3 is 0 Å². The summed E-state index contributed by atoms with van der Waals surface area (Å²) in [6.07, 6.45) is 2.66. The fourth-order valence-electron chi connectivity index (χ4n) is 2.51. The van der Waals surface area contributed by atoms with E-state index in [9.17, 15) is 9.59 Å². The Bertz CT molecular complexity index is 654. The number of hydrogen-bond donors (Lipinski definition) is 0. The zero-order valence-electron chi connectivity index (χ0n) is 12.8. The highest BCUT2D eigenvalue weighted by Gasteiger charge is 2.18. The van der Waals surface area contributed by atoms with E-state index in [0.717, 1.165) is 11.1 Å². The van der Waals surface area contributed by atoms with Crippen molar-refractivity contribution in [1.82, 2.24) is 0 Å². The molecule has 0 heterocycles. The van der Waals surface area contributed by atoms with Crippen molar-refractivity contribution in [2.45, 2.75) is 25.7 Å². The number of benzene rings is 2. The molecule has 0 bridgehead atoms. The minimum atomic E-state index is -0.211. The van der Waals surface area contributed by atoms with Gasteiger partial charge in [0.1, 0.15) is 5.78 Å². The van der Waals surface area contributed by atoms with E-state index < -0.39 is 0 Å². The SMILES string of the molecule is C=Cc1ccc(C(=O)CCC(C(C)=O)c2ccccc2)cc1. The average molecular weight is 292 g/mol. The summed E-state index contributed by atoms with van der Waals surface area (Å²) in [6, 6.07) is 17.0.